The van der Waals surface area contributed by atoms with Gasteiger partial charge in [0, 0.05) is 42.5 Å². The monoisotopic (exact) mass is 428 g/mol. The molecule has 2 amide bonds. The van der Waals surface area contributed by atoms with Crippen LogP contribution >= 0.6 is 0 Å². The third-order valence-electron chi connectivity index (χ3n) is 5.06. The van der Waals surface area contributed by atoms with E-state index in [1.165, 1.54) is 6.07 Å². The molecule has 30 heavy (non-hydrogen) atoms. The van der Waals surface area contributed by atoms with Crippen LogP contribution in [0.5, 0.6) is 5.75 Å². The van der Waals surface area contributed by atoms with Crippen molar-refractivity contribution in [2.45, 2.75) is 51.4 Å². The molecular weight excluding hydrogens is 401 g/mol. The minimum absolute atomic E-state index is 0.0125. The van der Waals surface area contributed by atoms with Crippen LogP contribution in [0.2, 0.25) is 0 Å². The van der Waals surface area contributed by atoms with Crippen molar-refractivity contribution in [1.82, 2.24) is 15.1 Å². The molecule has 7 nitrogen and oxygen atoms in total. The molecule has 2 N–H and O–H groups in total. The van der Waals surface area contributed by atoms with Gasteiger partial charge >= 0.3 is 6.61 Å². The molecule has 2 atom stereocenters. The lowest BCUT2D eigenvalue weighted by molar-refractivity contribution is -0.134. The van der Waals surface area contributed by atoms with Gasteiger partial charge in [0.15, 0.2) is 11.6 Å². The molecule has 0 spiro atoms. The second-order valence-corrected chi connectivity index (χ2v) is 8.78. The molecule has 0 radical (unpaired) electrons. The number of rotatable bonds is 7. The van der Waals surface area contributed by atoms with E-state index in [0.717, 1.165) is 18.6 Å². The first-order chi connectivity index (χ1) is 14.0. The highest BCUT2D eigenvalue weighted by Gasteiger charge is 2.45. The third kappa shape index (κ3) is 5.85. The van der Waals surface area contributed by atoms with Crippen LogP contribution in [0.15, 0.2) is 18.2 Å². The Morgan fingerprint density at radius 2 is 1.83 bits per heavy atom. The van der Waals surface area contributed by atoms with E-state index in [9.17, 15) is 22.8 Å². The highest BCUT2D eigenvalue weighted by Crippen LogP contribution is 2.32. The molecule has 166 valence electrons. The number of benzene rings is 1. The van der Waals surface area contributed by atoms with Gasteiger partial charge in [-0.15, -0.1) is 0 Å². The SMILES string of the molecule is CC(C)(C)NC(=O)CN1C2CC1CN(CC(=O)Nc1ccc(F)c(OC(F)F)c1)C2. The Labute approximate surface area is 173 Å². The third-order valence-corrected chi connectivity index (χ3v) is 5.06. The molecule has 0 aliphatic carbocycles. The number of fused-ring (bicyclic) bond motifs is 2. The van der Waals surface area contributed by atoms with Crippen LogP contribution in [0.4, 0.5) is 18.9 Å². The molecule has 1 aromatic carbocycles. The van der Waals surface area contributed by atoms with Crippen LogP contribution in [-0.2, 0) is 9.59 Å². The highest BCUT2D eigenvalue weighted by atomic mass is 19.3. The van der Waals surface area contributed by atoms with Gasteiger partial charge in [-0.3, -0.25) is 19.4 Å². The lowest BCUT2D eigenvalue weighted by atomic mass is 9.87. The fraction of sp³-hybridized carbons (Fsp3) is 0.600. The number of piperidine rings is 1. The minimum Gasteiger partial charge on any atom is -0.432 e. The number of carbonyl (C=O) groups excluding carboxylic acids is 2. The molecule has 3 heterocycles. The van der Waals surface area contributed by atoms with Crippen molar-refractivity contribution in [1.29, 1.82) is 0 Å². The second kappa shape index (κ2) is 8.81. The van der Waals surface area contributed by atoms with E-state index in [0.29, 0.717) is 19.6 Å². The van der Waals surface area contributed by atoms with E-state index in [2.05, 4.69) is 20.3 Å². The van der Waals surface area contributed by atoms with Gasteiger partial charge in [0.1, 0.15) is 0 Å². The minimum atomic E-state index is -3.15. The first-order valence-electron chi connectivity index (χ1n) is 9.83. The molecular formula is C20H27F3N4O3. The summed E-state index contributed by atoms with van der Waals surface area (Å²) in [4.78, 5) is 28.6. The molecule has 10 heteroatoms. The number of amides is 2. The van der Waals surface area contributed by atoms with E-state index in [1.54, 1.807) is 0 Å². The lowest BCUT2D eigenvalue weighted by Gasteiger charge is -2.56. The Kier molecular flexibility index (Phi) is 6.56. The molecule has 3 fully saturated rings. The number of nitrogens with one attached hydrogen (secondary N) is 2. The number of carbonyl (C=O) groups is 2. The molecule has 4 rings (SSSR count). The van der Waals surface area contributed by atoms with Gasteiger partial charge in [-0.1, -0.05) is 0 Å². The van der Waals surface area contributed by atoms with Gasteiger partial charge in [-0.25, -0.2) is 4.39 Å². The number of hydrogen-bond donors (Lipinski definition) is 2. The summed E-state index contributed by atoms with van der Waals surface area (Å²) in [7, 11) is 0. The first kappa shape index (κ1) is 22.4. The van der Waals surface area contributed by atoms with Crippen molar-refractivity contribution in [2.75, 3.05) is 31.5 Å². The summed E-state index contributed by atoms with van der Waals surface area (Å²) in [6.07, 6.45) is 0.993. The highest BCUT2D eigenvalue weighted by molar-refractivity contribution is 5.92. The van der Waals surface area contributed by atoms with Gasteiger partial charge in [-0.05, 0) is 39.3 Å². The average molecular weight is 428 g/mol. The largest absolute Gasteiger partial charge is 0.432 e. The van der Waals surface area contributed by atoms with Crippen molar-refractivity contribution >= 4 is 17.5 Å². The predicted molar refractivity (Wildman–Crippen MR) is 105 cm³/mol. The van der Waals surface area contributed by atoms with Gasteiger partial charge in [-0.2, -0.15) is 8.78 Å². The van der Waals surface area contributed by atoms with Crippen LogP contribution in [0.25, 0.3) is 0 Å². The fourth-order valence-electron chi connectivity index (χ4n) is 3.96. The predicted octanol–water partition coefficient (Wildman–Crippen LogP) is 2.04. The van der Waals surface area contributed by atoms with Crippen molar-refractivity contribution in [3.05, 3.63) is 24.0 Å². The molecule has 2 unspecified atom stereocenters. The van der Waals surface area contributed by atoms with Crippen LogP contribution in [0.1, 0.15) is 27.2 Å². The Hall–Kier alpha value is -2.33. The smallest absolute Gasteiger partial charge is 0.387 e. The van der Waals surface area contributed by atoms with Crippen molar-refractivity contribution < 1.29 is 27.5 Å². The zero-order valence-electron chi connectivity index (χ0n) is 17.3. The normalized spacial score (nSPS) is 21.8. The van der Waals surface area contributed by atoms with Crippen molar-refractivity contribution in [3.8, 4) is 5.75 Å². The van der Waals surface area contributed by atoms with Crippen LogP contribution in [0, 0.1) is 5.82 Å². The van der Waals surface area contributed by atoms with Gasteiger partial charge in [0.2, 0.25) is 11.8 Å². The summed E-state index contributed by atoms with van der Waals surface area (Å²) in [6, 6.07) is 3.72. The molecule has 1 aromatic rings. The maximum Gasteiger partial charge on any atom is 0.387 e. The number of hydrogen-bond acceptors (Lipinski definition) is 5. The Balaban J connectivity index is 1.48. The maximum atomic E-state index is 13.5. The van der Waals surface area contributed by atoms with Crippen LogP contribution in [0.3, 0.4) is 0 Å². The summed E-state index contributed by atoms with van der Waals surface area (Å²) < 4.78 is 42.2. The van der Waals surface area contributed by atoms with Crippen molar-refractivity contribution in [2.24, 2.45) is 0 Å². The summed E-state index contributed by atoms with van der Waals surface area (Å²) in [5, 5.41) is 5.54. The van der Waals surface area contributed by atoms with Gasteiger partial charge < -0.3 is 15.4 Å². The first-order valence-corrected chi connectivity index (χ1v) is 9.83. The maximum absolute atomic E-state index is 13.5. The number of halogens is 3. The number of piperazine rings is 1. The van der Waals surface area contributed by atoms with Gasteiger partial charge in [0.25, 0.3) is 0 Å². The van der Waals surface area contributed by atoms with E-state index >= 15 is 0 Å². The number of nitrogens with zero attached hydrogens (tertiary/aromatic N) is 2. The van der Waals surface area contributed by atoms with Crippen LogP contribution in [-0.4, -0.2) is 72.0 Å². The zero-order valence-corrected chi connectivity index (χ0v) is 17.3. The topological polar surface area (TPSA) is 73.9 Å². The molecule has 0 saturated carbocycles. The molecule has 3 aliphatic rings. The summed E-state index contributed by atoms with van der Waals surface area (Å²) >= 11 is 0. The number of alkyl halides is 2. The number of anilines is 1. The summed E-state index contributed by atoms with van der Waals surface area (Å²) in [5.74, 6) is -1.89. The molecule has 0 aromatic heterocycles. The average Bonchev–Trinajstić information content (AvgIpc) is 2.60. The molecule has 2 bridgehead atoms. The number of ether oxygens (including phenoxy) is 1. The lowest BCUT2D eigenvalue weighted by Crippen LogP contribution is -2.70. The zero-order chi connectivity index (χ0) is 22.1. The Bertz CT molecular complexity index is 788. The van der Waals surface area contributed by atoms with E-state index in [-0.39, 0.29) is 41.7 Å². The van der Waals surface area contributed by atoms with E-state index in [4.69, 9.17) is 0 Å². The molecule has 3 aliphatic heterocycles. The van der Waals surface area contributed by atoms with Crippen molar-refractivity contribution in [3.63, 3.8) is 0 Å². The summed E-state index contributed by atoms with van der Waals surface area (Å²) in [5.41, 5.74) is -0.0958. The Morgan fingerprint density at radius 3 is 2.43 bits per heavy atom. The summed E-state index contributed by atoms with van der Waals surface area (Å²) in [6.45, 7) is 4.45. The molecule has 3 saturated heterocycles. The van der Waals surface area contributed by atoms with Gasteiger partial charge in [0.05, 0.1) is 13.1 Å². The standard InChI is InChI=1S/C20H27F3N4O3/c1-20(2,3)25-18(29)11-27-13-7-14(27)9-26(8-13)10-17(28)24-12-4-5-15(21)16(6-12)30-19(22)23/h4-6,13-14,19H,7-11H2,1-3H3,(H,24,28)(H,25,29). The second-order valence-electron chi connectivity index (χ2n) is 8.78. The van der Waals surface area contributed by atoms with Crippen LogP contribution < -0.4 is 15.4 Å². The van der Waals surface area contributed by atoms with E-state index in [1.807, 2.05) is 25.7 Å². The fourth-order valence-corrected chi connectivity index (χ4v) is 3.96. The quantitative estimate of drug-likeness (QED) is 0.696. The van der Waals surface area contributed by atoms with E-state index < -0.39 is 18.2 Å². The Morgan fingerprint density at radius 1 is 1.17 bits per heavy atom.